The first-order valence-corrected chi connectivity index (χ1v) is 6.11. The van der Waals surface area contributed by atoms with Gasteiger partial charge in [0.15, 0.2) is 5.78 Å². The molecular weight excluding hydrogens is 240 g/mol. The molecule has 14 heavy (non-hydrogen) atoms. The molecule has 0 amide bonds. The summed E-state index contributed by atoms with van der Waals surface area (Å²) < 4.78 is 0. The zero-order chi connectivity index (χ0) is 9.97. The van der Waals surface area contributed by atoms with Gasteiger partial charge < -0.3 is 0 Å². The number of hydrogen-bond donors (Lipinski definition) is 0. The van der Waals surface area contributed by atoms with Crippen LogP contribution in [0.15, 0.2) is 24.3 Å². The maximum absolute atomic E-state index is 11.7. The highest BCUT2D eigenvalue weighted by Crippen LogP contribution is 2.32. The summed E-state index contributed by atoms with van der Waals surface area (Å²) in [6.45, 7) is 0. The number of carbonyl (C=O) groups is 1. The molecule has 2 rings (SSSR count). The third-order valence-electron chi connectivity index (χ3n) is 2.89. The van der Waals surface area contributed by atoms with Crippen LogP contribution < -0.4 is 0 Å². The van der Waals surface area contributed by atoms with Crippen LogP contribution in [0.4, 0.5) is 0 Å². The van der Waals surface area contributed by atoms with Gasteiger partial charge in [0, 0.05) is 5.92 Å². The molecule has 0 N–H and O–H groups in total. The van der Waals surface area contributed by atoms with Crippen molar-refractivity contribution in [2.45, 2.75) is 25.2 Å². The minimum absolute atomic E-state index is 0.138. The molecule has 0 fully saturated rings. The third-order valence-corrected chi connectivity index (χ3v) is 3.44. The van der Waals surface area contributed by atoms with Gasteiger partial charge in [0.25, 0.3) is 0 Å². The van der Waals surface area contributed by atoms with E-state index < -0.39 is 0 Å². The molecule has 1 aromatic carbocycles. The van der Waals surface area contributed by atoms with E-state index in [0.29, 0.717) is 11.1 Å². The van der Waals surface area contributed by atoms with Gasteiger partial charge in [0.05, 0.1) is 5.33 Å². The summed E-state index contributed by atoms with van der Waals surface area (Å²) in [6, 6.07) is 8.32. The predicted molar refractivity (Wildman–Crippen MR) is 60.9 cm³/mol. The maximum Gasteiger partial charge on any atom is 0.150 e. The molecule has 1 atom stereocenters. The van der Waals surface area contributed by atoms with Crippen molar-refractivity contribution in [3.63, 3.8) is 0 Å². The van der Waals surface area contributed by atoms with E-state index in [0.717, 1.165) is 19.3 Å². The first kappa shape index (κ1) is 9.91. The molecule has 1 unspecified atom stereocenters. The van der Waals surface area contributed by atoms with E-state index in [-0.39, 0.29) is 5.92 Å². The van der Waals surface area contributed by atoms with E-state index in [2.05, 4.69) is 34.1 Å². The standard InChI is InChI=1S/C12H13BrO/c13-8-12(14)11-7-3-5-9-4-1-2-6-10(9)11/h1-2,4,6,11H,3,5,7-8H2. The summed E-state index contributed by atoms with van der Waals surface area (Å²) in [5, 5.41) is 0.478. The lowest BCUT2D eigenvalue weighted by molar-refractivity contribution is -0.118. The molecule has 0 spiro atoms. The first-order valence-electron chi connectivity index (χ1n) is 4.99. The van der Waals surface area contributed by atoms with Gasteiger partial charge in [-0.1, -0.05) is 40.2 Å². The number of Topliss-reactive ketones (excluding diaryl/α,β-unsaturated/α-hetero) is 1. The van der Waals surface area contributed by atoms with Crippen LogP contribution in [0.1, 0.15) is 29.9 Å². The van der Waals surface area contributed by atoms with E-state index >= 15 is 0 Å². The highest BCUT2D eigenvalue weighted by molar-refractivity contribution is 9.09. The Balaban J connectivity index is 2.35. The summed E-state index contributed by atoms with van der Waals surface area (Å²) in [4.78, 5) is 11.7. The van der Waals surface area contributed by atoms with Gasteiger partial charge in [-0.15, -0.1) is 0 Å². The number of rotatable bonds is 2. The molecule has 1 aliphatic carbocycles. The second-order valence-corrected chi connectivity index (χ2v) is 4.30. The second-order valence-electron chi connectivity index (χ2n) is 3.74. The van der Waals surface area contributed by atoms with Crippen molar-refractivity contribution in [3.8, 4) is 0 Å². The molecular formula is C12H13BrO. The lowest BCUT2D eigenvalue weighted by Gasteiger charge is -2.23. The second kappa shape index (κ2) is 4.26. The zero-order valence-corrected chi connectivity index (χ0v) is 9.59. The van der Waals surface area contributed by atoms with Crippen molar-refractivity contribution in [1.29, 1.82) is 0 Å². The Morgan fingerprint density at radius 2 is 2.21 bits per heavy atom. The number of hydrogen-bond acceptors (Lipinski definition) is 1. The fourth-order valence-corrected chi connectivity index (χ4v) is 2.57. The number of carbonyl (C=O) groups excluding carboxylic acids is 1. The van der Waals surface area contributed by atoms with Crippen molar-refractivity contribution >= 4 is 21.7 Å². The lowest BCUT2D eigenvalue weighted by atomic mass is 9.81. The Morgan fingerprint density at radius 3 is 3.00 bits per heavy atom. The monoisotopic (exact) mass is 252 g/mol. The van der Waals surface area contributed by atoms with Crippen molar-refractivity contribution < 1.29 is 4.79 Å². The van der Waals surface area contributed by atoms with Crippen molar-refractivity contribution in [2.24, 2.45) is 0 Å². The Kier molecular flexibility index (Phi) is 3.02. The molecule has 0 saturated heterocycles. The number of alkyl halides is 1. The fraction of sp³-hybridized carbons (Fsp3) is 0.417. The van der Waals surface area contributed by atoms with Crippen LogP contribution in [0.3, 0.4) is 0 Å². The van der Waals surface area contributed by atoms with Crippen LogP contribution >= 0.6 is 15.9 Å². The molecule has 0 saturated carbocycles. The number of ketones is 1. The van der Waals surface area contributed by atoms with Crippen LogP contribution in [-0.4, -0.2) is 11.1 Å². The highest BCUT2D eigenvalue weighted by atomic mass is 79.9. The topological polar surface area (TPSA) is 17.1 Å². The number of fused-ring (bicyclic) bond motifs is 1. The molecule has 0 bridgehead atoms. The Bertz CT molecular complexity index is 346. The van der Waals surface area contributed by atoms with E-state index in [1.165, 1.54) is 11.1 Å². The van der Waals surface area contributed by atoms with Crippen molar-refractivity contribution in [2.75, 3.05) is 5.33 Å². The van der Waals surface area contributed by atoms with Crippen LogP contribution in [0.2, 0.25) is 0 Å². The normalized spacial score (nSPS) is 20.2. The summed E-state index contributed by atoms with van der Waals surface area (Å²) in [5.74, 6) is 0.455. The fourth-order valence-electron chi connectivity index (χ4n) is 2.18. The summed E-state index contributed by atoms with van der Waals surface area (Å²) in [6.07, 6.45) is 3.28. The summed E-state index contributed by atoms with van der Waals surface area (Å²) in [5.41, 5.74) is 2.61. The quantitative estimate of drug-likeness (QED) is 0.740. The molecule has 0 aromatic heterocycles. The van der Waals surface area contributed by atoms with E-state index in [9.17, 15) is 4.79 Å². The van der Waals surface area contributed by atoms with Gasteiger partial charge in [0.1, 0.15) is 0 Å². The third kappa shape index (κ3) is 1.76. The van der Waals surface area contributed by atoms with Crippen LogP contribution in [0, 0.1) is 0 Å². The van der Waals surface area contributed by atoms with Gasteiger partial charge in [-0.2, -0.15) is 0 Å². The molecule has 74 valence electrons. The largest absolute Gasteiger partial charge is 0.298 e. The van der Waals surface area contributed by atoms with Crippen LogP contribution in [0.25, 0.3) is 0 Å². The predicted octanol–water partition coefficient (Wildman–Crippen LogP) is 3.07. The molecule has 1 nitrogen and oxygen atoms in total. The van der Waals surface area contributed by atoms with Crippen LogP contribution in [-0.2, 0) is 11.2 Å². The molecule has 0 heterocycles. The van der Waals surface area contributed by atoms with E-state index in [1.54, 1.807) is 0 Å². The number of halogens is 1. The van der Waals surface area contributed by atoms with Crippen molar-refractivity contribution in [3.05, 3.63) is 35.4 Å². The Labute approximate surface area is 92.6 Å². The Hall–Kier alpha value is -0.630. The lowest BCUT2D eigenvalue weighted by Crippen LogP contribution is -2.19. The highest BCUT2D eigenvalue weighted by Gasteiger charge is 2.24. The Morgan fingerprint density at radius 1 is 1.43 bits per heavy atom. The van der Waals surface area contributed by atoms with Crippen molar-refractivity contribution in [1.82, 2.24) is 0 Å². The minimum Gasteiger partial charge on any atom is -0.298 e. The average Bonchev–Trinajstić information content (AvgIpc) is 2.27. The number of aryl methyl sites for hydroxylation is 1. The van der Waals surface area contributed by atoms with Crippen LogP contribution in [0.5, 0.6) is 0 Å². The molecule has 1 aromatic rings. The molecule has 1 aliphatic rings. The van der Waals surface area contributed by atoms with E-state index in [4.69, 9.17) is 0 Å². The summed E-state index contributed by atoms with van der Waals surface area (Å²) in [7, 11) is 0. The minimum atomic E-state index is 0.138. The molecule has 2 heteroatoms. The summed E-state index contributed by atoms with van der Waals surface area (Å²) >= 11 is 3.25. The SMILES string of the molecule is O=C(CBr)C1CCCc2ccccc21. The van der Waals surface area contributed by atoms with Gasteiger partial charge in [-0.05, 0) is 30.4 Å². The maximum atomic E-state index is 11.7. The van der Waals surface area contributed by atoms with Gasteiger partial charge in [-0.3, -0.25) is 4.79 Å². The first-order chi connectivity index (χ1) is 6.83. The van der Waals surface area contributed by atoms with Gasteiger partial charge in [0.2, 0.25) is 0 Å². The van der Waals surface area contributed by atoms with Gasteiger partial charge >= 0.3 is 0 Å². The van der Waals surface area contributed by atoms with E-state index in [1.807, 2.05) is 6.07 Å². The smallest absolute Gasteiger partial charge is 0.150 e. The average molecular weight is 253 g/mol. The van der Waals surface area contributed by atoms with Gasteiger partial charge in [-0.25, -0.2) is 0 Å². The number of benzene rings is 1. The molecule has 0 radical (unpaired) electrons. The molecule has 0 aliphatic heterocycles. The zero-order valence-electron chi connectivity index (χ0n) is 8.00.